The van der Waals surface area contributed by atoms with Gasteiger partial charge in [0.25, 0.3) is 11.8 Å². The van der Waals surface area contributed by atoms with Gasteiger partial charge < -0.3 is 10.2 Å². The number of anilines is 1. The maximum atomic E-state index is 13.0. The van der Waals surface area contributed by atoms with Crippen LogP contribution < -0.4 is 5.32 Å². The highest BCUT2D eigenvalue weighted by Crippen LogP contribution is 2.18. The van der Waals surface area contributed by atoms with Gasteiger partial charge in [-0.2, -0.15) is 4.31 Å². The normalized spacial score (nSPS) is 15.0. The van der Waals surface area contributed by atoms with Crippen LogP contribution in [0, 0.1) is 0 Å². The molecule has 0 saturated carbocycles. The quantitative estimate of drug-likeness (QED) is 0.581. The second-order valence-corrected chi connectivity index (χ2v) is 10.2. The van der Waals surface area contributed by atoms with E-state index in [-0.39, 0.29) is 24.9 Å². The first kappa shape index (κ1) is 22.9. The lowest BCUT2D eigenvalue weighted by atomic mass is 10.1. The molecule has 0 atom stereocenters. The summed E-state index contributed by atoms with van der Waals surface area (Å²) >= 11 is 1.34. The fourth-order valence-corrected chi connectivity index (χ4v) is 5.27. The molecule has 1 aliphatic rings. The molecule has 2 heterocycles. The van der Waals surface area contributed by atoms with Crippen molar-refractivity contribution in [1.82, 2.24) is 9.21 Å². The zero-order valence-corrected chi connectivity index (χ0v) is 19.4. The summed E-state index contributed by atoms with van der Waals surface area (Å²) < 4.78 is 26.7. The Kier molecular flexibility index (Phi) is 7.02. The van der Waals surface area contributed by atoms with E-state index in [1.807, 2.05) is 35.7 Å². The molecule has 0 spiro atoms. The van der Waals surface area contributed by atoms with Crippen LogP contribution in [0.1, 0.15) is 25.6 Å². The van der Waals surface area contributed by atoms with Crippen molar-refractivity contribution in [1.29, 1.82) is 0 Å². The highest BCUT2D eigenvalue weighted by atomic mass is 32.2. The molecule has 7 nitrogen and oxygen atoms in total. The molecule has 0 unspecified atom stereocenters. The van der Waals surface area contributed by atoms with Crippen LogP contribution in [0.25, 0.3) is 6.08 Å². The second-order valence-electron chi connectivity index (χ2n) is 7.46. The number of hydrogen-bond donors (Lipinski definition) is 1. The van der Waals surface area contributed by atoms with Gasteiger partial charge in [-0.15, -0.1) is 11.3 Å². The van der Waals surface area contributed by atoms with Gasteiger partial charge in [-0.05, 0) is 41.3 Å². The molecule has 1 aliphatic heterocycles. The average molecular weight is 482 g/mol. The van der Waals surface area contributed by atoms with Gasteiger partial charge >= 0.3 is 0 Å². The van der Waals surface area contributed by atoms with Crippen molar-refractivity contribution >= 4 is 44.9 Å². The van der Waals surface area contributed by atoms with Gasteiger partial charge in [0, 0.05) is 42.8 Å². The number of hydrogen-bond acceptors (Lipinski definition) is 5. The van der Waals surface area contributed by atoms with Crippen LogP contribution in [0.3, 0.4) is 0 Å². The Morgan fingerprint density at radius 1 is 0.909 bits per heavy atom. The van der Waals surface area contributed by atoms with E-state index in [1.54, 1.807) is 47.4 Å². The van der Waals surface area contributed by atoms with E-state index in [4.69, 9.17) is 0 Å². The number of nitrogens with zero attached hydrogens (tertiary/aromatic N) is 2. The number of rotatable bonds is 6. The van der Waals surface area contributed by atoms with Crippen molar-refractivity contribution in [3.05, 3.63) is 93.5 Å². The molecule has 2 aromatic carbocycles. The number of thiophene rings is 1. The third kappa shape index (κ3) is 5.75. The Morgan fingerprint density at radius 3 is 2.36 bits per heavy atom. The summed E-state index contributed by atoms with van der Waals surface area (Å²) in [6.07, 6.45) is 1.57. The lowest BCUT2D eigenvalue weighted by molar-refractivity contribution is 0.0698. The van der Waals surface area contributed by atoms with Gasteiger partial charge in [-0.1, -0.05) is 42.5 Å². The fourth-order valence-electron chi connectivity index (χ4n) is 3.47. The zero-order valence-electron chi connectivity index (χ0n) is 17.8. The summed E-state index contributed by atoms with van der Waals surface area (Å²) in [5, 5.41) is 5.84. The van der Waals surface area contributed by atoms with Crippen molar-refractivity contribution < 1.29 is 18.0 Å². The molecule has 0 aliphatic carbocycles. The van der Waals surface area contributed by atoms with Crippen molar-refractivity contribution in [2.45, 2.75) is 0 Å². The lowest BCUT2D eigenvalue weighted by Crippen LogP contribution is -2.50. The van der Waals surface area contributed by atoms with E-state index < -0.39 is 10.0 Å². The molecule has 0 bridgehead atoms. The number of nitrogens with one attached hydrogen (secondary N) is 1. The monoisotopic (exact) mass is 481 g/mol. The molecule has 0 radical (unpaired) electrons. The maximum Gasteiger partial charge on any atom is 0.265 e. The summed E-state index contributed by atoms with van der Waals surface area (Å²) in [6.45, 7) is 1.04. The average Bonchev–Trinajstić information content (AvgIpc) is 3.39. The van der Waals surface area contributed by atoms with Crippen LogP contribution >= 0.6 is 11.3 Å². The van der Waals surface area contributed by atoms with Crippen molar-refractivity contribution in [3.8, 4) is 0 Å². The summed E-state index contributed by atoms with van der Waals surface area (Å²) in [5.74, 6) is -0.420. The Hall–Kier alpha value is -3.27. The Labute approximate surface area is 197 Å². The van der Waals surface area contributed by atoms with E-state index in [9.17, 15) is 18.0 Å². The molecule has 3 aromatic rings. The van der Waals surface area contributed by atoms with E-state index in [2.05, 4.69) is 5.32 Å². The highest BCUT2D eigenvalue weighted by molar-refractivity contribution is 7.92. The number of carbonyl (C=O) groups excluding carboxylic acids is 2. The second kappa shape index (κ2) is 10.1. The highest BCUT2D eigenvalue weighted by Gasteiger charge is 2.28. The van der Waals surface area contributed by atoms with Crippen molar-refractivity contribution in [2.24, 2.45) is 0 Å². The van der Waals surface area contributed by atoms with Gasteiger partial charge in [0.2, 0.25) is 10.0 Å². The maximum absolute atomic E-state index is 13.0. The molecule has 33 heavy (non-hydrogen) atoms. The molecule has 2 amide bonds. The molecule has 1 N–H and O–H groups in total. The lowest BCUT2D eigenvalue weighted by Gasteiger charge is -2.33. The SMILES string of the molecule is O=C(Nc1cccc(C(=O)N2CCN(S(=O)(=O)C=Cc3ccccc3)CC2)c1)c1cccs1. The number of carbonyl (C=O) groups is 2. The molecule has 9 heteroatoms. The van der Waals surface area contributed by atoms with E-state index >= 15 is 0 Å². The number of benzene rings is 2. The minimum Gasteiger partial charge on any atom is -0.336 e. The third-order valence-corrected chi connectivity index (χ3v) is 7.66. The predicted molar refractivity (Wildman–Crippen MR) is 131 cm³/mol. The number of amides is 2. The van der Waals surface area contributed by atoms with Crippen LogP contribution in [-0.4, -0.2) is 55.6 Å². The van der Waals surface area contributed by atoms with Gasteiger partial charge in [-0.25, -0.2) is 8.42 Å². The molecule has 170 valence electrons. The Bertz CT molecular complexity index is 1250. The summed E-state index contributed by atoms with van der Waals surface area (Å²) in [4.78, 5) is 27.5. The van der Waals surface area contributed by atoms with Crippen LogP contribution in [0.5, 0.6) is 0 Å². The summed E-state index contributed by atoms with van der Waals surface area (Å²) in [6, 6.07) is 19.5. The van der Waals surface area contributed by atoms with Gasteiger partial charge in [0.15, 0.2) is 0 Å². The Balaban J connectivity index is 1.36. The summed E-state index contributed by atoms with van der Waals surface area (Å²) in [7, 11) is -3.57. The minimum absolute atomic E-state index is 0.195. The predicted octanol–water partition coefficient (Wildman–Crippen LogP) is 3.76. The molecular weight excluding hydrogens is 458 g/mol. The van der Waals surface area contributed by atoms with E-state index in [0.29, 0.717) is 29.2 Å². The Morgan fingerprint density at radius 2 is 1.67 bits per heavy atom. The molecule has 4 rings (SSSR count). The fraction of sp³-hybridized carbons (Fsp3) is 0.167. The first-order valence-electron chi connectivity index (χ1n) is 10.4. The number of piperazine rings is 1. The van der Waals surface area contributed by atoms with Crippen molar-refractivity contribution in [3.63, 3.8) is 0 Å². The smallest absolute Gasteiger partial charge is 0.265 e. The number of sulfonamides is 1. The van der Waals surface area contributed by atoms with E-state index in [1.165, 1.54) is 21.1 Å². The van der Waals surface area contributed by atoms with Gasteiger partial charge in [0.05, 0.1) is 4.88 Å². The minimum atomic E-state index is -3.57. The topological polar surface area (TPSA) is 86.8 Å². The zero-order chi connectivity index (χ0) is 23.3. The summed E-state index contributed by atoms with van der Waals surface area (Å²) in [5.41, 5.74) is 1.78. The van der Waals surface area contributed by atoms with E-state index in [0.717, 1.165) is 5.56 Å². The molecule has 1 saturated heterocycles. The standard InChI is InChI=1S/C24H23N3O4S2/c28-23(22-10-5-16-32-22)25-21-9-4-8-20(18-21)24(29)26-12-14-27(15-13-26)33(30,31)17-11-19-6-2-1-3-7-19/h1-11,16-18H,12-15H2,(H,25,28). The van der Waals surface area contributed by atoms with Gasteiger partial charge in [0.1, 0.15) is 0 Å². The third-order valence-electron chi connectivity index (χ3n) is 5.23. The first-order valence-corrected chi connectivity index (χ1v) is 12.8. The molecule has 1 aromatic heterocycles. The van der Waals surface area contributed by atoms with Crippen LogP contribution in [0.4, 0.5) is 5.69 Å². The van der Waals surface area contributed by atoms with Crippen molar-refractivity contribution in [2.75, 3.05) is 31.5 Å². The molecular formula is C24H23N3O4S2. The first-order chi connectivity index (χ1) is 15.9. The van der Waals surface area contributed by atoms with Crippen LogP contribution in [-0.2, 0) is 10.0 Å². The van der Waals surface area contributed by atoms with Crippen LogP contribution in [0.2, 0.25) is 0 Å². The van der Waals surface area contributed by atoms with Gasteiger partial charge in [-0.3, -0.25) is 9.59 Å². The largest absolute Gasteiger partial charge is 0.336 e. The molecule has 1 fully saturated rings. The van der Waals surface area contributed by atoms with Crippen LogP contribution in [0.15, 0.2) is 77.5 Å².